The lowest BCUT2D eigenvalue weighted by molar-refractivity contribution is -0.120. The SMILES string of the molecule is N#Cc1nc(-c2ccco2)oc1N1CCC(C(=O)Nc2ccc(CS(N)(=O)=O)cc2)CC1. The van der Waals surface area contributed by atoms with Gasteiger partial charge >= 0.3 is 0 Å². The first-order valence-electron chi connectivity index (χ1n) is 9.92. The van der Waals surface area contributed by atoms with Crippen LogP contribution in [0.1, 0.15) is 24.1 Å². The largest absolute Gasteiger partial charge is 0.459 e. The number of hydrogen-bond acceptors (Lipinski definition) is 8. The maximum Gasteiger partial charge on any atom is 0.266 e. The van der Waals surface area contributed by atoms with E-state index in [1.54, 1.807) is 36.4 Å². The van der Waals surface area contributed by atoms with Gasteiger partial charge in [-0.2, -0.15) is 10.2 Å². The second-order valence-corrected chi connectivity index (χ2v) is 9.13. The molecule has 0 aliphatic carbocycles. The zero-order chi connectivity index (χ0) is 22.7. The van der Waals surface area contributed by atoms with Gasteiger partial charge in [-0.05, 0) is 42.7 Å². The van der Waals surface area contributed by atoms with Crippen molar-refractivity contribution in [3.8, 4) is 17.7 Å². The first kappa shape index (κ1) is 21.6. The zero-order valence-electron chi connectivity index (χ0n) is 17.0. The lowest BCUT2D eigenvalue weighted by Crippen LogP contribution is -2.38. The van der Waals surface area contributed by atoms with E-state index in [1.165, 1.54) is 6.26 Å². The predicted octanol–water partition coefficient (Wildman–Crippen LogP) is 2.45. The molecule has 0 radical (unpaired) electrons. The monoisotopic (exact) mass is 455 g/mol. The molecule has 0 unspecified atom stereocenters. The number of rotatable bonds is 6. The molecule has 1 aromatic carbocycles. The van der Waals surface area contributed by atoms with Crippen LogP contribution in [0.5, 0.6) is 0 Å². The van der Waals surface area contributed by atoms with Crippen LogP contribution in [0.2, 0.25) is 0 Å². The average molecular weight is 455 g/mol. The van der Waals surface area contributed by atoms with E-state index in [2.05, 4.69) is 10.3 Å². The fraction of sp³-hybridized carbons (Fsp3) is 0.286. The van der Waals surface area contributed by atoms with Crippen LogP contribution in [0.15, 0.2) is 51.5 Å². The van der Waals surface area contributed by atoms with Crippen LogP contribution >= 0.6 is 0 Å². The lowest BCUT2D eigenvalue weighted by atomic mass is 9.95. The molecule has 0 spiro atoms. The van der Waals surface area contributed by atoms with Crippen molar-refractivity contribution in [2.45, 2.75) is 18.6 Å². The van der Waals surface area contributed by atoms with Crippen molar-refractivity contribution in [2.24, 2.45) is 11.1 Å². The topological polar surface area (TPSA) is 155 Å². The van der Waals surface area contributed by atoms with Gasteiger partial charge in [0.2, 0.25) is 27.5 Å². The average Bonchev–Trinajstić information content (AvgIpc) is 3.44. The molecule has 166 valence electrons. The molecule has 0 atom stereocenters. The molecule has 3 N–H and O–H groups in total. The first-order valence-corrected chi connectivity index (χ1v) is 11.6. The smallest absolute Gasteiger partial charge is 0.266 e. The molecule has 10 nitrogen and oxygen atoms in total. The maximum absolute atomic E-state index is 12.7. The summed E-state index contributed by atoms with van der Waals surface area (Å²) in [6.07, 6.45) is 2.66. The number of hydrogen-bond donors (Lipinski definition) is 2. The number of furan rings is 1. The molecule has 3 aromatic rings. The van der Waals surface area contributed by atoms with E-state index in [9.17, 15) is 18.5 Å². The van der Waals surface area contributed by atoms with Crippen LogP contribution in [0.4, 0.5) is 11.6 Å². The van der Waals surface area contributed by atoms with Crippen molar-refractivity contribution in [3.63, 3.8) is 0 Å². The minimum Gasteiger partial charge on any atom is -0.459 e. The lowest BCUT2D eigenvalue weighted by Gasteiger charge is -2.30. The number of anilines is 2. The number of benzene rings is 1. The number of primary sulfonamides is 1. The zero-order valence-corrected chi connectivity index (χ0v) is 17.8. The van der Waals surface area contributed by atoms with E-state index in [1.807, 2.05) is 11.0 Å². The number of piperidine rings is 1. The highest BCUT2D eigenvalue weighted by molar-refractivity contribution is 7.88. The maximum atomic E-state index is 12.7. The quantitative estimate of drug-likeness (QED) is 0.574. The van der Waals surface area contributed by atoms with Crippen molar-refractivity contribution in [1.29, 1.82) is 5.26 Å². The Bertz CT molecular complexity index is 1230. The van der Waals surface area contributed by atoms with Gasteiger partial charge in [0, 0.05) is 24.7 Å². The molecule has 3 heterocycles. The number of amides is 1. The van der Waals surface area contributed by atoms with Gasteiger partial charge < -0.3 is 19.1 Å². The number of nitrogens with zero attached hydrogens (tertiary/aromatic N) is 3. The number of carbonyl (C=O) groups is 1. The summed E-state index contributed by atoms with van der Waals surface area (Å²) in [4.78, 5) is 18.8. The van der Waals surface area contributed by atoms with E-state index in [-0.39, 0.29) is 29.2 Å². The molecule has 0 saturated carbocycles. The van der Waals surface area contributed by atoms with Gasteiger partial charge in [-0.1, -0.05) is 12.1 Å². The minimum absolute atomic E-state index is 0.113. The number of oxazole rings is 1. The number of nitrogens with two attached hydrogens (primary N) is 1. The molecule has 11 heteroatoms. The van der Waals surface area contributed by atoms with Crippen molar-refractivity contribution < 1.29 is 22.0 Å². The summed E-state index contributed by atoms with van der Waals surface area (Å²) in [6.45, 7) is 1.07. The van der Waals surface area contributed by atoms with Gasteiger partial charge in [0.15, 0.2) is 5.76 Å². The Hall–Kier alpha value is -3.62. The Morgan fingerprint density at radius 2 is 1.97 bits per heavy atom. The molecule has 1 aliphatic rings. The second-order valence-electron chi connectivity index (χ2n) is 7.52. The van der Waals surface area contributed by atoms with Gasteiger partial charge in [-0.15, -0.1) is 0 Å². The molecule has 1 saturated heterocycles. The van der Waals surface area contributed by atoms with Gasteiger partial charge in [-0.3, -0.25) is 4.79 Å². The third-order valence-electron chi connectivity index (χ3n) is 5.19. The normalized spacial score (nSPS) is 14.8. The van der Waals surface area contributed by atoms with Gasteiger partial charge in [0.05, 0.1) is 12.0 Å². The van der Waals surface area contributed by atoms with E-state index >= 15 is 0 Å². The molecule has 0 bridgehead atoms. The van der Waals surface area contributed by atoms with Crippen molar-refractivity contribution in [3.05, 3.63) is 53.9 Å². The van der Waals surface area contributed by atoms with E-state index in [0.29, 0.717) is 48.8 Å². The summed E-state index contributed by atoms with van der Waals surface area (Å²) in [5.74, 6) is 0.493. The number of nitrogens with one attached hydrogen (secondary N) is 1. The number of sulfonamides is 1. The van der Waals surface area contributed by atoms with Gasteiger partial charge in [0.1, 0.15) is 6.07 Å². The molecular weight excluding hydrogens is 434 g/mol. The molecule has 4 rings (SSSR count). The Morgan fingerprint density at radius 1 is 1.25 bits per heavy atom. The minimum atomic E-state index is -3.60. The van der Waals surface area contributed by atoms with Crippen molar-refractivity contribution in [1.82, 2.24) is 4.98 Å². The molecular formula is C21H21N5O5S. The van der Waals surface area contributed by atoms with Crippen LogP contribution in [0.25, 0.3) is 11.7 Å². The van der Waals surface area contributed by atoms with Gasteiger partial charge in [0.25, 0.3) is 5.89 Å². The molecule has 1 amide bonds. The van der Waals surface area contributed by atoms with Crippen LogP contribution < -0.4 is 15.4 Å². The van der Waals surface area contributed by atoms with E-state index < -0.39 is 10.0 Å². The summed E-state index contributed by atoms with van der Waals surface area (Å²) in [7, 11) is -3.60. The van der Waals surface area contributed by atoms with Crippen molar-refractivity contribution in [2.75, 3.05) is 23.3 Å². The Morgan fingerprint density at radius 3 is 2.56 bits per heavy atom. The summed E-state index contributed by atoms with van der Waals surface area (Å²) in [5, 5.41) is 17.3. The van der Waals surface area contributed by atoms with E-state index in [4.69, 9.17) is 14.0 Å². The van der Waals surface area contributed by atoms with Gasteiger partial charge in [-0.25, -0.2) is 13.6 Å². The number of aromatic nitrogens is 1. The Kier molecular flexibility index (Phi) is 5.98. The number of carbonyl (C=O) groups excluding carboxylic acids is 1. The Labute approximate surface area is 184 Å². The highest BCUT2D eigenvalue weighted by atomic mass is 32.2. The first-order chi connectivity index (χ1) is 15.3. The fourth-order valence-electron chi connectivity index (χ4n) is 3.61. The standard InChI is InChI=1S/C21H21N5O5S/c22-12-17-21(31-20(25-17)18-2-1-11-30-18)26-9-7-15(8-10-26)19(27)24-16-5-3-14(4-6-16)13-32(23,28)29/h1-6,11,15H,7-10,13H2,(H,24,27)(H2,23,28,29). The van der Waals surface area contributed by atoms with E-state index in [0.717, 1.165) is 0 Å². The summed E-state index contributed by atoms with van der Waals surface area (Å²) in [5.41, 5.74) is 1.31. The summed E-state index contributed by atoms with van der Waals surface area (Å²) >= 11 is 0. The summed E-state index contributed by atoms with van der Waals surface area (Å²) < 4.78 is 33.4. The van der Waals surface area contributed by atoms with Crippen LogP contribution in [0.3, 0.4) is 0 Å². The third-order valence-corrected chi connectivity index (χ3v) is 5.93. The molecule has 2 aromatic heterocycles. The second kappa shape index (κ2) is 8.86. The predicted molar refractivity (Wildman–Crippen MR) is 116 cm³/mol. The number of nitriles is 1. The van der Waals surface area contributed by atoms with Crippen LogP contribution in [-0.4, -0.2) is 32.4 Å². The molecule has 1 fully saturated rings. The van der Waals surface area contributed by atoms with Crippen molar-refractivity contribution >= 4 is 27.5 Å². The third kappa shape index (κ3) is 4.99. The fourth-order valence-corrected chi connectivity index (χ4v) is 4.27. The molecule has 1 aliphatic heterocycles. The summed E-state index contributed by atoms with van der Waals surface area (Å²) in [6, 6.07) is 12.0. The van der Waals surface area contributed by atoms with Crippen LogP contribution in [0, 0.1) is 17.2 Å². The van der Waals surface area contributed by atoms with Crippen LogP contribution in [-0.2, 0) is 20.6 Å². The highest BCUT2D eigenvalue weighted by Gasteiger charge is 2.29. The molecule has 32 heavy (non-hydrogen) atoms. The Balaban J connectivity index is 1.36. The highest BCUT2D eigenvalue weighted by Crippen LogP contribution is 2.31.